The van der Waals surface area contributed by atoms with Crippen LogP contribution >= 0.6 is 11.8 Å². The Kier molecular flexibility index (Phi) is 5.55. The van der Waals surface area contributed by atoms with Crippen molar-refractivity contribution in [2.45, 2.75) is 31.4 Å². The van der Waals surface area contributed by atoms with Crippen LogP contribution in [0.1, 0.15) is 26.3 Å². The van der Waals surface area contributed by atoms with Gasteiger partial charge in [0.25, 0.3) is 11.1 Å². The van der Waals surface area contributed by atoms with Crippen molar-refractivity contribution >= 4 is 23.4 Å². The molecule has 0 unspecified atom stereocenters. The Hall–Kier alpha value is -2.74. The molecule has 2 heterocycles. The van der Waals surface area contributed by atoms with Crippen molar-refractivity contribution in [2.24, 2.45) is 0 Å². The maximum atomic E-state index is 12.4. The number of carbonyl (C=O) groups excluding carboxylic acids is 1. The fourth-order valence-electron chi connectivity index (χ4n) is 2.35. The van der Waals surface area contributed by atoms with E-state index in [1.807, 2.05) is 18.2 Å². The second kappa shape index (κ2) is 7.87. The van der Waals surface area contributed by atoms with Crippen LogP contribution in [0.25, 0.3) is 11.7 Å². The topological polar surface area (TPSA) is 90.4 Å². The number of methoxy groups -OCH3 is 1. The highest BCUT2D eigenvalue weighted by Crippen LogP contribution is 2.31. The van der Waals surface area contributed by atoms with Gasteiger partial charge in [0.15, 0.2) is 5.76 Å². The Morgan fingerprint density at radius 2 is 2.07 bits per heavy atom. The van der Waals surface area contributed by atoms with E-state index >= 15 is 0 Å². The molecule has 27 heavy (non-hydrogen) atoms. The van der Waals surface area contributed by atoms with Crippen molar-refractivity contribution in [2.75, 3.05) is 18.2 Å². The number of nitrogens with one attached hydrogen (secondary N) is 1. The molecule has 1 amide bonds. The zero-order chi connectivity index (χ0) is 19.4. The molecule has 0 spiro atoms. The van der Waals surface area contributed by atoms with E-state index in [4.69, 9.17) is 13.6 Å². The molecule has 2 aromatic heterocycles. The summed E-state index contributed by atoms with van der Waals surface area (Å²) in [6, 6.07) is 9.25. The average Bonchev–Trinajstić information content (AvgIpc) is 3.30. The first-order chi connectivity index (χ1) is 12.9. The predicted octanol–water partition coefficient (Wildman–Crippen LogP) is 4.37. The van der Waals surface area contributed by atoms with Gasteiger partial charge in [-0.1, -0.05) is 38.6 Å². The van der Waals surface area contributed by atoms with Crippen molar-refractivity contribution in [3.63, 3.8) is 0 Å². The summed E-state index contributed by atoms with van der Waals surface area (Å²) in [5.41, 5.74) is 1.70. The van der Waals surface area contributed by atoms with Gasteiger partial charge in [-0.05, 0) is 35.2 Å². The molecular formula is C19H21N3O4S. The van der Waals surface area contributed by atoms with E-state index in [1.165, 1.54) is 6.26 Å². The Bertz CT molecular complexity index is 913. The van der Waals surface area contributed by atoms with Gasteiger partial charge in [-0.3, -0.25) is 4.79 Å². The normalized spacial score (nSPS) is 11.4. The van der Waals surface area contributed by atoms with Crippen LogP contribution in [0.5, 0.6) is 5.75 Å². The number of hydrogen-bond acceptors (Lipinski definition) is 7. The fourth-order valence-corrected chi connectivity index (χ4v) is 2.92. The minimum Gasteiger partial charge on any atom is -0.495 e. The largest absolute Gasteiger partial charge is 0.495 e. The molecule has 7 nitrogen and oxygen atoms in total. The highest BCUT2D eigenvalue weighted by Gasteiger charge is 2.18. The number of carbonyl (C=O) groups is 1. The summed E-state index contributed by atoms with van der Waals surface area (Å²) < 4.78 is 16.0. The molecule has 0 fully saturated rings. The zero-order valence-electron chi connectivity index (χ0n) is 15.6. The monoisotopic (exact) mass is 387 g/mol. The molecule has 0 aliphatic carbocycles. The van der Waals surface area contributed by atoms with Crippen molar-refractivity contribution in [1.29, 1.82) is 0 Å². The number of nitrogens with zero attached hydrogens (tertiary/aromatic N) is 2. The third kappa shape index (κ3) is 4.71. The van der Waals surface area contributed by atoms with Crippen LogP contribution in [-0.4, -0.2) is 29.0 Å². The number of hydrogen-bond donors (Lipinski definition) is 1. The van der Waals surface area contributed by atoms with Crippen LogP contribution in [0, 0.1) is 0 Å². The van der Waals surface area contributed by atoms with Gasteiger partial charge in [0.05, 0.1) is 24.8 Å². The van der Waals surface area contributed by atoms with E-state index in [9.17, 15) is 4.79 Å². The lowest BCUT2D eigenvalue weighted by Crippen LogP contribution is -2.17. The minimum atomic E-state index is -0.192. The van der Waals surface area contributed by atoms with Crippen LogP contribution in [0.2, 0.25) is 0 Å². The molecule has 0 radical (unpaired) electrons. The maximum absolute atomic E-state index is 12.4. The first-order valence-electron chi connectivity index (χ1n) is 8.35. The van der Waals surface area contributed by atoms with Crippen molar-refractivity contribution in [3.05, 3.63) is 42.2 Å². The molecule has 3 rings (SSSR count). The molecule has 0 saturated carbocycles. The van der Waals surface area contributed by atoms with Gasteiger partial charge >= 0.3 is 0 Å². The van der Waals surface area contributed by atoms with E-state index in [0.717, 1.165) is 17.3 Å². The summed E-state index contributed by atoms with van der Waals surface area (Å²) >= 11 is 1.15. The summed E-state index contributed by atoms with van der Waals surface area (Å²) in [5.74, 6) is 1.31. The summed E-state index contributed by atoms with van der Waals surface area (Å²) in [5, 5.41) is 11.0. The molecule has 8 heteroatoms. The number of benzene rings is 1. The Labute approximate surface area is 161 Å². The molecule has 0 aliphatic heterocycles. The average molecular weight is 387 g/mol. The summed E-state index contributed by atoms with van der Waals surface area (Å²) in [6.07, 6.45) is 1.53. The standard InChI is InChI=1S/C19H21N3O4S/c1-19(2,3)12-7-8-14(24-4)13(10-12)20-16(23)11-27-18-22-21-17(26-18)15-6-5-9-25-15/h5-10H,11H2,1-4H3,(H,20,23). The van der Waals surface area contributed by atoms with E-state index in [2.05, 4.69) is 36.3 Å². The lowest BCUT2D eigenvalue weighted by Gasteiger charge is -2.21. The summed E-state index contributed by atoms with van der Waals surface area (Å²) in [4.78, 5) is 12.4. The summed E-state index contributed by atoms with van der Waals surface area (Å²) in [7, 11) is 1.57. The smallest absolute Gasteiger partial charge is 0.284 e. The second-order valence-corrected chi connectivity index (χ2v) is 7.78. The molecule has 0 atom stereocenters. The SMILES string of the molecule is COc1ccc(C(C)(C)C)cc1NC(=O)CSc1nnc(-c2ccco2)o1. The number of rotatable bonds is 6. The zero-order valence-corrected chi connectivity index (χ0v) is 16.4. The van der Waals surface area contributed by atoms with E-state index in [-0.39, 0.29) is 23.0 Å². The van der Waals surface area contributed by atoms with E-state index < -0.39 is 0 Å². The third-order valence-corrected chi connectivity index (χ3v) is 4.62. The number of furan rings is 1. The highest BCUT2D eigenvalue weighted by atomic mass is 32.2. The third-order valence-electron chi connectivity index (χ3n) is 3.80. The lowest BCUT2D eigenvalue weighted by atomic mass is 9.87. The first-order valence-corrected chi connectivity index (χ1v) is 9.34. The van der Waals surface area contributed by atoms with Crippen LogP contribution in [-0.2, 0) is 10.2 Å². The van der Waals surface area contributed by atoms with Crippen molar-refractivity contribution in [1.82, 2.24) is 10.2 Å². The van der Waals surface area contributed by atoms with Gasteiger partial charge in [-0.2, -0.15) is 0 Å². The number of ether oxygens (including phenoxy) is 1. The van der Waals surface area contributed by atoms with Gasteiger partial charge in [-0.25, -0.2) is 0 Å². The molecule has 3 aromatic rings. The molecule has 142 valence electrons. The van der Waals surface area contributed by atoms with E-state index in [1.54, 1.807) is 19.2 Å². The summed E-state index contributed by atoms with van der Waals surface area (Å²) in [6.45, 7) is 6.34. The van der Waals surface area contributed by atoms with Gasteiger partial charge in [-0.15, -0.1) is 10.2 Å². The Balaban J connectivity index is 1.64. The maximum Gasteiger partial charge on any atom is 0.284 e. The number of anilines is 1. The minimum absolute atomic E-state index is 0.0352. The van der Waals surface area contributed by atoms with E-state index in [0.29, 0.717) is 22.4 Å². The Morgan fingerprint density at radius 1 is 1.26 bits per heavy atom. The molecule has 1 N–H and O–H groups in total. The van der Waals surface area contributed by atoms with Crippen LogP contribution < -0.4 is 10.1 Å². The number of amides is 1. The van der Waals surface area contributed by atoms with Gasteiger partial charge < -0.3 is 18.9 Å². The lowest BCUT2D eigenvalue weighted by molar-refractivity contribution is -0.113. The first kappa shape index (κ1) is 19.0. The molecule has 0 bridgehead atoms. The van der Waals surface area contributed by atoms with Crippen LogP contribution in [0.4, 0.5) is 5.69 Å². The molecule has 0 aliphatic rings. The van der Waals surface area contributed by atoms with Gasteiger partial charge in [0, 0.05) is 0 Å². The fraction of sp³-hybridized carbons (Fsp3) is 0.316. The molecule has 0 saturated heterocycles. The van der Waals surface area contributed by atoms with Crippen LogP contribution in [0.3, 0.4) is 0 Å². The van der Waals surface area contributed by atoms with Crippen molar-refractivity contribution < 1.29 is 18.4 Å². The number of thioether (sulfide) groups is 1. The van der Waals surface area contributed by atoms with Gasteiger partial charge in [0.2, 0.25) is 5.91 Å². The molecular weight excluding hydrogens is 366 g/mol. The van der Waals surface area contributed by atoms with Crippen molar-refractivity contribution in [3.8, 4) is 17.4 Å². The predicted molar refractivity (Wildman–Crippen MR) is 103 cm³/mol. The number of aromatic nitrogens is 2. The van der Waals surface area contributed by atoms with Gasteiger partial charge in [0.1, 0.15) is 5.75 Å². The van der Waals surface area contributed by atoms with Crippen LogP contribution in [0.15, 0.2) is 50.7 Å². The molecule has 1 aromatic carbocycles. The second-order valence-electron chi connectivity index (χ2n) is 6.85. The Morgan fingerprint density at radius 3 is 2.74 bits per heavy atom. The highest BCUT2D eigenvalue weighted by molar-refractivity contribution is 7.99. The quantitative estimate of drug-likeness (QED) is 0.628.